The molecule has 0 spiro atoms. The van der Waals surface area contributed by atoms with E-state index in [-0.39, 0.29) is 11.8 Å². The lowest BCUT2D eigenvalue weighted by atomic mass is 9.96. The molecule has 2 atom stereocenters. The van der Waals surface area contributed by atoms with Gasteiger partial charge in [0.1, 0.15) is 9.21 Å². The Kier molecular flexibility index (Phi) is 6.61. The van der Waals surface area contributed by atoms with Crippen LogP contribution in [-0.2, 0) is 4.79 Å². The van der Waals surface area contributed by atoms with Crippen molar-refractivity contribution in [3.05, 3.63) is 57.0 Å². The third-order valence-corrected chi connectivity index (χ3v) is 5.75. The lowest BCUT2D eigenvalue weighted by Crippen LogP contribution is -2.13. The Bertz CT molecular complexity index is 826. The highest BCUT2D eigenvalue weighted by molar-refractivity contribution is 9.10. The van der Waals surface area contributed by atoms with Crippen LogP contribution in [-0.4, -0.2) is 21.0 Å². The molecule has 140 valence electrons. The van der Waals surface area contributed by atoms with E-state index in [2.05, 4.69) is 47.9 Å². The summed E-state index contributed by atoms with van der Waals surface area (Å²) < 4.78 is 1.56. The summed E-state index contributed by atoms with van der Waals surface area (Å²) in [5.41, 5.74) is 1.86. The molecule has 2 aromatic heterocycles. The maximum absolute atomic E-state index is 11.0. The Hall–Kier alpha value is -1.78. The van der Waals surface area contributed by atoms with E-state index in [9.17, 15) is 4.79 Å². The van der Waals surface area contributed by atoms with Crippen LogP contribution in [0.5, 0.6) is 0 Å². The van der Waals surface area contributed by atoms with E-state index in [0.717, 1.165) is 33.2 Å². The zero-order chi connectivity index (χ0) is 19.4. The molecule has 5 nitrogen and oxygen atoms in total. The highest BCUT2D eigenvalue weighted by atomic mass is 79.9. The fraction of sp³-hybridized carbons (Fsp3) is 0.400. The van der Waals surface area contributed by atoms with Gasteiger partial charge in [0, 0.05) is 12.4 Å². The van der Waals surface area contributed by atoms with Crippen molar-refractivity contribution in [2.24, 2.45) is 11.8 Å². The number of carboxylic acid groups (broad SMARTS) is 1. The Morgan fingerprint density at radius 1 is 1.00 bits per heavy atom. The largest absolute Gasteiger partial charge is 0.481 e. The average molecular weight is 493 g/mol. The number of hydrogen-bond donors (Lipinski definition) is 1. The first kappa shape index (κ1) is 20.0. The molecule has 0 aromatic carbocycles. The predicted molar refractivity (Wildman–Crippen MR) is 108 cm³/mol. The van der Waals surface area contributed by atoms with E-state index in [1.165, 1.54) is 12.8 Å². The van der Waals surface area contributed by atoms with Gasteiger partial charge in [0.2, 0.25) is 0 Å². The lowest BCUT2D eigenvalue weighted by molar-refractivity contribution is -0.139. The topological polar surface area (TPSA) is 86.9 Å². The van der Waals surface area contributed by atoms with Gasteiger partial charge >= 0.3 is 5.97 Å². The molecular weight excluding hydrogens is 474 g/mol. The van der Waals surface area contributed by atoms with Gasteiger partial charge in [0.25, 0.3) is 0 Å². The number of aliphatic carboxylic acids is 1. The molecule has 0 amide bonds. The minimum atomic E-state index is -0.739. The molecule has 2 aliphatic carbocycles. The molecule has 2 aliphatic rings. The first-order valence-corrected chi connectivity index (χ1v) is 10.4. The van der Waals surface area contributed by atoms with Crippen LogP contribution in [0.3, 0.4) is 0 Å². The minimum absolute atomic E-state index is 0.0561. The Morgan fingerprint density at radius 2 is 1.52 bits per heavy atom. The summed E-state index contributed by atoms with van der Waals surface area (Å²) in [6.45, 7) is 0. The summed E-state index contributed by atoms with van der Waals surface area (Å²) in [7, 11) is 0. The van der Waals surface area contributed by atoms with Crippen LogP contribution in [0.25, 0.3) is 0 Å². The van der Waals surface area contributed by atoms with Crippen molar-refractivity contribution in [3.8, 4) is 6.07 Å². The predicted octanol–water partition coefficient (Wildman–Crippen LogP) is 5.28. The molecule has 2 saturated carbocycles. The number of carbonyl (C=O) groups is 1. The van der Waals surface area contributed by atoms with Crippen LogP contribution in [0.15, 0.2) is 45.9 Å². The molecule has 4 rings (SSSR count). The summed E-state index contributed by atoms with van der Waals surface area (Å²) in [5.74, 6) is -0.156. The van der Waals surface area contributed by atoms with Crippen molar-refractivity contribution in [3.63, 3.8) is 0 Å². The molecule has 27 heavy (non-hydrogen) atoms. The van der Waals surface area contributed by atoms with E-state index in [0.29, 0.717) is 11.8 Å². The standard InChI is InChI=1S/C10H9BrN2.C10H10BrNO2/c11-10-4-3-8(6-13-10)9(5-12)7-1-2-7;11-8-4-3-7(5-12-8)9(10(13)14)6-1-2-6/h3-4,6-7,9H,1-2H2;3-6,9H,1-2H2,(H,13,14). The quantitative estimate of drug-likeness (QED) is 0.573. The summed E-state index contributed by atoms with van der Waals surface area (Å²) >= 11 is 6.50. The normalized spacial score (nSPS) is 17.8. The Balaban J connectivity index is 0.000000156. The zero-order valence-electron chi connectivity index (χ0n) is 14.6. The summed E-state index contributed by atoms with van der Waals surface area (Å²) in [5, 5.41) is 18.0. The van der Waals surface area contributed by atoms with Crippen molar-refractivity contribution >= 4 is 37.8 Å². The smallest absolute Gasteiger partial charge is 0.311 e. The second-order valence-electron chi connectivity index (χ2n) is 6.93. The van der Waals surface area contributed by atoms with Crippen LogP contribution >= 0.6 is 31.9 Å². The van der Waals surface area contributed by atoms with E-state index in [1.54, 1.807) is 18.5 Å². The number of aromatic nitrogens is 2. The van der Waals surface area contributed by atoms with Crippen LogP contribution in [0.1, 0.15) is 48.6 Å². The maximum Gasteiger partial charge on any atom is 0.311 e. The minimum Gasteiger partial charge on any atom is -0.481 e. The highest BCUT2D eigenvalue weighted by Crippen LogP contribution is 2.43. The van der Waals surface area contributed by atoms with Gasteiger partial charge in [0.15, 0.2) is 0 Å². The van der Waals surface area contributed by atoms with Gasteiger partial charge in [-0.25, -0.2) is 9.97 Å². The third-order valence-electron chi connectivity index (χ3n) is 4.81. The number of rotatable bonds is 5. The molecule has 0 saturated heterocycles. The zero-order valence-corrected chi connectivity index (χ0v) is 17.7. The van der Waals surface area contributed by atoms with Crippen LogP contribution in [0.4, 0.5) is 0 Å². The number of hydrogen-bond acceptors (Lipinski definition) is 4. The molecule has 0 radical (unpaired) electrons. The number of carboxylic acids is 1. The second kappa shape index (κ2) is 8.94. The SMILES string of the molecule is N#CC(c1ccc(Br)nc1)C1CC1.O=C(O)C(c1ccc(Br)nc1)C1CC1. The Labute approximate surface area is 175 Å². The molecular formula is C20H19Br2N3O2. The molecule has 7 heteroatoms. The van der Waals surface area contributed by atoms with E-state index >= 15 is 0 Å². The third kappa shape index (κ3) is 5.60. The number of nitriles is 1. The van der Waals surface area contributed by atoms with Crippen molar-refractivity contribution in [1.29, 1.82) is 5.26 Å². The van der Waals surface area contributed by atoms with E-state index in [1.807, 2.05) is 18.2 Å². The van der Waals surface area contributed by atoms with Gasteiger partial charge in [-0.05, 0) is 92.6 Å². The maximum atomic E-state index is 11.0. The summed E-state index contributed by atoms with van der Waals surface area (Å²) in [4.78, 5) is 19.2. The molecule has 0 bridgehead atoms. The average Bonchev–Trinajstić information content (AvgIpc) is 3.54. The summed E-state index contributed by atoms with van der Waals surface area (Å²) in [6.07, 6.45) is 7.85. The second-order valence-corrected chi connectivity index (χ2v) is 8.55. The molecule has 1 N–H and O–H groups in total. The Morgan fingerprint density at radius 3 is 1.89 bits per heavy atom. The van der Waals surface area contributed by atoms with E-state index < -0.39 is 5.97 Å². The molecule has 0 aliphatic heterocycles. The van der Waals surface area contributed by atoms with Gasteiger partial charge in [-0.2, -0.15) is 5.26 Å². The summed E-state index contributed by atoms with van der Waals surface area (Å²) in [6, 6.07) is 9.82. The first-order valence-electron chi connectivity index (χ1n) is 8.85. The van der Waals surface area contributed by atoms with Crippen molar-refractivity contribution < 1.29 is 9.90 Å². The van der Waals surface area contributed by atoms with Gasteiger partial charge in [-0.3, -0.25) is 4.79 Å². The lowest BCUT2D eigenvalue weighted by Gasteiger charge is -2.10. The number of nitrogens with zero attached hydrogens (tertiary/aromatic N) is 3. The van der Waals surface area contributed by atoms with Crippen molar-refractivity contribution in [2.75, 3.05) is 0 Å². The fourth-order valence-electron chi connectivity index (χ4n) is 3.07. The van der Waals surface area contributed by atoms with Gasteiger partial charge in [0.05, 0.1) is 17.9 Å². The molecule has 2 fully saturated rings. The van der Waals surface area contributed by atoms with Crippen molar-refractivity contribution in [2.45, 2.75) is 37.5 Å². The van der Waals surface area contributed by atoms with Crippen molar-refractivity contribution in [1.82, 2.24) is 9.97 Å². The number of pyridine rings is 2. The van der Waals surface area contributed by atoms with Gasteiger partial charge in [-0.15, -0.1) is 0 Å². The molecule has 2 heterocycles. The van der Waals surface area contributed by atoms with Crippen LogP contribution in [0, 0.1) is 23.2 Å². The van der Waals surface area contributed by atoms with Gasteiger partial charge < -0.3 is 5.11 Å². The van der Waals surface area contributed by atoms with Crippen LogP contribution < -0.4 is 0 Å². The van der Waals surface area contributed by atoms with Gasteiger partial charge in [-0.1, -0.05) is 12.1 Å². The fourth-order valence-corrected chi connectivity index (χ4v) is 3.54. The highest BCUT2D eigenvalue weighted by Gasteiger charge is 2.37. The van der Waals surface area contributed by atoms with Crippen LogP contribution in [0.2, 0.25) is 0 Å². The molecule has 2 unspecified atom stereocenters. The molecule has 2 aromatic rings. The van der Waals surface area contributed by atoms with E-state index in [4.69, 9.17) is 10.4 Å². The number of halogens is 2. The monoisotopic (exact) mass is 491 g/mol. The first-order chi connectivity index (χ1) is 13.0.